The summed E-state index contributed by atoms with van der Waals surface area (Å²) in [5.41, 5.74) is 1.72. The average molecular weight is 323 g/mol. The summed E-state index contributed by atoms with van der Waals surface area (Å²) in [5, 5.41) is 0.952. The number of piperazine rings is 1. The molecule has 2 heterocycles. The number of carbonyl (C=O) groups is 2. The second kappa shape index (κ2) is 6.83. The van der Waals surface area contributed by atoms with Crippen molar-refractivity contribution in [3.05, 3.63) is 48.7 Å². The quantitative estimate of drug-likeness (QED) is 0.816. The fourth-order valence-corrected chi connectivity index (χ4v) is 2.81. The Morgan fingerprint density at radius 1 is 1.21 bits per heavy atom. The second-order valence-corrected chi connectivity index (χ2v) is 6.26. The third-order valence-corrected chi connectivity index (χ3v) is 4.07. The van der Waals surface area contributed by atoms with Gasteiger partial charge >= 0.3 is 0 Å². The summed E-state index contributed by atoms with van der Waals surface area (Å²) in [7, 11) is 0. The highest BCUT2D eigenvalue weighted by Gasteiger charge is 2.28. The van der Waals surface area contributed by atoms with Gasteiger partial charge in [0, 0.05) is 24.7 Å². The van der Waals surface area contributed by atoms with Crippen LogP contribution in [0.15, 0.2) is 48.7 Å². The number of rotatable bonds is 3. The van der Waals surface area contributed by atoms with Crippen molar-refractivity contribution < 1.29 is 9.59 Å². The summed E-state index contributed by atoms with van der Waals surface area (Å²) in [6.45, 7) is 5.17. The van der Waals surface area contributed by atoms with Gasteiger partial charge in [-0.05, 0) is 24.1 Å². The molecule has 0 atom stereocenters. The van der Waals surface area contributed by atoms with Crippen molar-refractivity contribution in [3.63, 3.8) is 0 Å². The number of allylic oxidation sites excluding steroid dienone is 1. The topological polar surface area (TPSA) is 53.5 Å². The molecule has 2 amide bonds. The lowest BCUT2D eigenvalue weighted by atomic mass is 10.1. The van der Waals surface area contributed by atoms with Crippen molar-refractivity contribution in [1.82, 2.24) is 9.88 Å². The van der Waals surface area contributed by atoms with E-state index >= 15 is 0 Å². The predicted octanol–water partition coefficient (Wildman–Crippen LogP) is 2.62. The standard InChI is InChI=1S/C19H21N3O2/c1-14(2)7-8-18(23)21-11-12-22(19(24)13-21)17-9-10-20-16-6-4-3-5-15(16)17/h3-10,14H,11-13H2,1-2H3. The number of hydrogen-bond donors (Lipinski definition) is 0. The molecule has 3 rings (SSSR count). The number of anilines is 1. The molecule has 5 nitrogen and oxygen atoms in total. The zero-order valence-corrected chi connectivity index (χ0v) is 14.0. The molecular weight excluding hydrogens is 302 g/mol. The number of hydrogen-bond acceptors (Lipinski definition) is 3. The largest absolute Gasteiger partial charge is 0.328 e. The van der Waals surface area contributed by atoms with Gasteiger partial charge in [0.25, 0.3) is 0 Å². The van der Waals surface area contributed by atoms with E-state index in [9.17, 15) is 9.59 Å². The van der Waals surface area contributed by atoms with Gasteiger partial charge in [-0.15, -0.1) is 0 Å². The molecule has 1 aliphatic rings. The summed E-state index contributed by atoms with van der Waals surface area (Å²) >= 11 is 0. The number of aromatic nitrogens is 1. The van der Waals surface area contributed by atoms with Crippen molar-refractivity contribution in [1.29, 1.82) is 0 Å². The Balaban J connectivity index is 1.79. The smallest absolute Gasteiger partial charge is 0.246 e. The maximum absolute atomic E-state index is 12.6. The molecule has 0 spiro atoms. The summed E-state index contributed by atoms with van der Waals surface area (Å²) in [5.74, 6) is 0.148. The monoisotopic (exact) mass is 323 g/mol. The molecule has 1 fully saturated rings. The fraction of sp³-hybridized carbons (Fsp3) is 0.316. The first-order chi connectivity index (χ1) is 11.6. The average Bonchev–Trinajstić information content (AvgIpc) is 2.59. The number of benzene rings is 1. The first-order valence-electron chi connectivity index (χ1n) is 8.17. The van der Waals surface area contributed by atoms with Gasteiger partial charge in [-0.25, -0.2) is 0 Å². The van der Waals surface area contributed by atoms with E-state index in [-0.39, 0.29) is 18.4 Å². The predicted molar refractivity (Wildman–Crippen MR) is 94.7 cm³/mol. The molecule has 0 radical (unpaired) electrons. The van der Waals surface area contributed by atoms with Crippen LogP contribution in [0.5, 0.6) is 0 Å². The Hall–Kier alpha value is -2.69. The molecule has 5 heteroatoms. The third-order valence-electron chi connectivity index (χ3n) is 4.07. The summed E-state index contributed by atoms with van der Waals surface area (Å²) in [6, 6.07) is 9.62. The molecule has 1 aliphatic heterocycles. The molecule has 1 aromatic carbocycles. The lowest BCUT2D eigenvalue weighted by Crippen LogP contribution is -2.52. The molecule has 0 bridgehead atoms. The zero-order chi connectivity index (χ0) is 17.1. The van der Waals surface area contributed by atoms with Crippen LogP contribution in [0.3, 0.4) is 0 Å². The molecule has 124 valence electrons. The first kappa shape index (κ1) is 16.2. The van der Waals surface area contributed by atoms with E-state index in [1.165, 1.54) is 0 Å². The van der Waals surface area contributed by atoms with Gasteiger partial charge in [-0.3, -0.25) is 14.6 Å². The van der Waals surface area contributed by atoms with Crippen molar-refractivity contribution in [2.45, 2.75) is 13.8 Å². The Kier molecular flexibility index (Phi) is 4.60. The van der Waals surface area contributed by atoms with E-state index in [0.29, 0.717) is 19.0 Å². The van der Waals surface area contributed by atoms with Crippen molar-refractivity contribution in [2.24, 2.45) is 5.92 Å². The number of nitrogens with zero attached hydrogens (tertiary/aromatic N) is 3. The minimum atomic E-state index is -0.101. The van der Waals surface area contributed by atoms with E-state index < -0.39 is 0 Å². The van der Waals surface area contributed by atoms with E-state index in [4.69, 9.17) is 0 Å². The number of carbonyl (C=O) groups excluding carboxylic acids is 2. The first-order valence-corrected chi connectivity index (χ1v) is 8.17. The lowest BCUT2D eigenvalue weighted by Gasteiger charge is -2.34. The van der Waals surface area contributed by atoms with Gasteiger partial charge in [0.1, 0.15) is 6.54 Å². The van der Waals surface area contributed by atoms with E-state index in [0.717, 1.165) is 16.6 Å². The third kappa shape index (κ3) is 3.30. The van der Waals surface area contributed by atoms with Gasteiger partial charge in [0.05, 0.1) is 11.2 Å². The molecule has 0 aliphatic carbocycles. The van der Waals surface area contributed by atoms with Crippen LogP contribution in [0, 0.1) is 5.92 Å². The molecule has 0 N–H and O–H groups in total. The van der Waals surface area contributed by atoms with Crippen LogP contribution in [0.2, 0.25) is 0 Å². The maximum atomic E-state index is 12.6. The van der Waals surface area contributed by atoms with Crippen molar-refractivity contribution in [3.8, 4) is 0 Å². The van der Waals surface area contributed by atoms with Crippen LogP contribution in [0.25, 0.3) is 10.9 Å². The Morgan fingerprint density at radius 3 is 2.75 bits per heavy atom. The molecular formula is C19H21N3O2. The highest BCUT2D eigenvalue weighted by atomic mass is 16.2. The van der Waals surface area contributed by atoms with Crippen LogP contribution < -0.4 is 4.90 Å². The number of pyridine rings is 1. The van der Waals surface area contributed by atoms with Crippen molar-refractivity contribution in [2.75, 3.05) is 24.5 Å². The SMILES string of the molecule is CC(C)C=CC(=O)N1CCN(c2ccnc3ccccc23)C(=O)C1. The summed E-state index contributed by atoms with van der Waals surface area (Å²) < 4.78 is 0. The van der Waals surface area contributed by atoms with Gasteiger partial charge < -0.3 is 9.80 Å². The molecule has 0 unspecified atom stereocenters. The van der Waals surface area contributed by atoms with Crippen molar-refractivity contribution >= 4 is 28.4 Å². The molecule has 0 saturated carbocycles. The summed E-state index contributed by atoms with van der Waals surface area (Å²) in [4.78, 5) is 32.4. The molecule has 1 aromatic heterocycles. The second-order valence-electron chi connectivity index (χ2n) is 6.26. The normalized spacial score (nSPS) is 15.7. The Bertz CT molecular complexity index is 793. The Morgan fingerprint density at radius 2 is 2.00 bits per heavy atom. The lowest BCUT2D eigenvalue weighted by molar-refractivity contribution is -0.133. The van der Waals surface area contributed by atoms with E-state index in [1.54, 1.807) is 22.1 Å². The molecule has 2 aromatic rings. The maximum Gasteiger partial charge on any atom is 0.246 e. The van der Waals surface area contributed by atoms with Crippen LogP contribution in [0.4, 0.5) is 5.69 Å². The van der Waals surface area contributed by atoms with Crippen LogP contribution in [-0.4, -0.2) is 41.3 Å². The number of fused-ring (bicyclic) bond motifs is 1. The minimum absolute atomic E-state index is 0.0658. The zero-order valence-electron chi connectivity index (χ0n) is 14.0. The van der Waals surface area contributed by atoms with Gasteiger partial charge in [-0.1, -0.05) is 38.1 Å². The van der Waals surface area contributed by atoms with Crippen LogP contribution >= 0.6 is 0 Å². The molecule has 1 saturated heterocycles. The van der Waals surface area contributed by atoms with Gasteiger partial charge in [0.15, 0.2) is 0 Å². The minimum Gasteiger partial charge on any atom is -0.328 e. The highest BCUT2D eigenvalue weighted by Crippen LogP contribution is 2.26. The molecule has 24 heavy (non-hydrogen) atoms. The number of para-hydroxylation sites is 1. The number of amides is 2. The summed E-state index contributed by atoms with van der Waals surface area (Å²) in [6.07, 6.45) is 5.14. The fourth-order valence-electron chi connectivity index (χ4n) is 2.81. The van der Waals surface area contributed by atoms with Gasteiger partial charge in [0.2, 0.25) is 11.8 Å². The Labute approximate surface area is 141 Å². The van der Waals surface area contributed by atoms with Crippen LogP contribution in [0.1, 0.15) is 13.8 Å². The highest BCUT2D eigenvalue weighted by molar-refractivity contribution is 6.05. The van der Waals surface area contributed by atoms with E-state index in [2.05, 4.69) is 4.98 Å². The van der Waals surface area contributed by atoms with E-state index in [1.807, 2.05) is 50.3 Å². The van der Waals surface area contributed by atoms with Gasteiger partial charge in [-0.2, -0.15) is 0 Å². The van der Waals surface area contributed by atoms with Crippen LogP contribution in [-0.2, 0) is 9.59 Å².